The van der Waals surface area contributed by atoms with Gasteiger partial charge in [0, 0.05) is 16.5 Å². The van der Waals surface area contributed by atoms with Crippen LogP contribution in [0.1, 0.15) is 37.7 Å². The summed E-state index contributed by atoms with van der Waals surface area (Å²) in [5.41, 5.74) is 2.51. The molecule has 0 saturated heterocycles. The van der Waals surface area contributed by atoms with Crippen LogP contribution in [0.2, 0.25) is 5.02 Å². The van der Waals surface area contributed by atoms with E-state index < -0.39 is 0 Å². The fourth-order valence-corrected chi connectivity index (χ4v) is 2.73. The Morgan fingerprint density at radius 1 is 1.24 bits per heavy atom. The van der Waals surface area contributed by atoms with Crippen molar-refractivity contribution in [1.29, 1.82) is 0 Å². The van der Waals surface area contributed by atoms with E-state index in [1.807, 2.05) is 6.07 Å². The summed E-state index contributed by atoms with van der Waals surface area (Å²) in [6.45, 7) is 7.67. The molecular weight excluding hydrogens is 342 g/mol. The maximum Gasteiger partial charge on any atom is 0.224 e. The van der Waals surface area contributed by atoms with Gasteiger partial charge in [-0.1, -0.05) is 32.4 Å². The average molecular weight is 364 g/mol. The molecule has 0 radical (unpaired) electrons. The number of hydrogen-bond donors (Lipinski definition) is 2. The molecule has 0 unspecified atom stereocenters. The SMILES string of the molecule is CC(C)(C)c1cc(CNC(=O)Cc2cc3c(cc2Cl)OCCO3)[nH]n1. The van der Waals surface area contributed by atoms with Gasteiger partial charge >= 0.3 is 0 Å². The summed E-state index contributed by atoms with van der Waals surface area (Å²) < 4.78 is 11.0. The Kier molecular flexibility index (Phi) is 4.90. The zero-order chi connectivity index (χ0) is 18.0. The minimum atomic E-state index is -0.120. The predicted molar refractivity (Wildman–Crippen MR) is 95.3 cm³/mol. The highest BCUT2D eigenvalue weighted by Gasteiger charge is 2.18. The molecule has 1 aromatic heterocycles. The van der Waals surface area contributed by atoms with Gasteiger partial charge in [0.25, 0.3) is 0 Å². The van der Waals surface area contributed by atoms with Crippen LogP contribution in [0.5, 0.6) is 11.5 Å². The molecular formula is C18H22ClN3O3. The van der Waals surface area contributed by atoms with Crippen molar-refractivity contribution in [3.8, 4) is 11.5 Å². The van der Waals surface area contributed by atoms with Crippen molar-refractivity contribution in [2.24, 2.45) is 0 Å². The summed E-state index contributed by atoms with van der Waals surface area (Å²) in [7, 11) is 0. The van der Waals surface area contributed by atoms with E-state index in [0.717, 1.165) is 11.4 Å². The van der Waals surface area contributed by atoms with Gasteiger partial charge in [0.1, 0.15) is 13.2 Å². The minimum absolute atomic E-state index is 0.0303. The van der Waals surface area contributed by atoms with Gasteiger partial charge < -0.3 is 14.8 Å². The lowest BCUT2D eigenvalue weighted by Gasteiger charge is -2.19. The molecule has 2 N–H and O–H groups in total. The van der Waals surface area contributed by atoms with E-state index in [-0.39, 0.29) is 17.7 Å². The molecule has 1 amide bonds. The van der Waals surface area contributed by atoms with Crippen molar-refractivity contribution in [3.63, 3.8) is 0 Å². The third kappa shape index (κ3) is 4.25. The molecule has 1 aliphatic heterocycles. The normalized spacial score (nSPS) is 13.6. The quantitative estimate of drug-likeness (QED) is 0.875. The first-order chi connectivity index (χ1) is 11.8. The van der Waals surface area contributed by atoms with Crippen molar-refractivity contribution in [1.82, 2.24) is 15.5 Å². The van der Waals surface area contributed by atoms with Crippen LogP contribution in [0, 0.1) is 0 Å². The number of fused-ring (bicyclic) bond motifs is 1. The lowest BCUT2D eigenvalue weighted by Crippen LogP contribution is -2.25. The number of ether oxygens (including phenoxy) is 2. The molecule has 1 aliphatic rings. The van der Waals surface area contributed by atoms with Crippen LogP contribution in [-0.2, 0) is 23.2 Å². The number of carbonyl (C=O) groups excluding carboxylic acids is 1. The summed E-state index contributed by atoms with van der Waals surface area (Å²) in [5, 5.41) is 10.6. The number of aromatic nitrogens is 2. The fourth-order valence-electron chi connectivity index (χ4n) is 2.51. The lowest BCUT2D eigenvalue weighted by molar-refractivity contribution is -0.120. The molecule has 0 bridgehead atoms. The van der Waals surface area contributed by atoms with Gasteiger partial charge in [0.2, 0.25) is 5.91 Å². The number of benzene rings is 1. The van der Waals surface area contributed by atoms with E-state index >= 15 is 0 Å². The average Bonchev–Trinajstić information content (AvgIpc) is 3.03. The highest BCUT2D eigenvalue weighted by molar-refractivity contribution is 6.31. The van der Waals surface area contributed by atoms with Crippen LogP contribution in [0.3, 0.4) is 0 Å². The fraction of sp³-hybridized carbons (Fsp3) is 0.444. The van der Waals surface area contributed by atoms with Crippen molar-refractivity contribution in [3.05, 3.63) is 40.2 Å². The first kappa shape index (κ1) is 17.6. The number of nitrogens with one attached hydrogen (secondary N) is 2. The predicted octanol–water partition coefficient (Wildman–Crippen LogP) is 2.99. The Bertz CT molecular complexity index is 780. The Labute approximate surface area is 151 Å². The highest BCUT2D eigenvalue weighted by atomic mass is 35.5. The second-order valence-electron chi connectivity index (χ2n) is 7.07. The Morgan fingerprint density at radius 2 is 1.92 bits per heavy atom. The molecule has 3 rings (SSSR count). The first-order valence-electron chi connectivity index (χ1n) is 8.22. The second kappa shape index (κ2) is 6.96. The number of hydrogen-bond acceptors (Lipinski definition) is 4. The maximum atomic E-state index is 12.2. The van der Waals surface area contributed by atoms with Crippen LogP contribution >= 0.6 is 11.6 Å². The lowest BCUT2D eigenvalue weighted by atomic mass is 9.92. The number of rotatable bonds is 4. The summed E-state index contributed by atoms with van der Waals surface area (Å²) in [4.78, 5) is 12.2. The third-order valence-corrected chi connectivity index (χ3v) is 4.29. The van der Waals surface area contributed by atoms with E-state index in [0.29, 0.717) is 41.8 Å². The third-order valence-electron chi connectivity index (χ3n) is 3.94. The zero-order valence-electron chi connectivity index (χ0n) is 14.6. The summed E-state index contributed by atoms with van der Waals surface area (Å²) in [6, 6.07) is 5.44. The van der Waals surface area contributed by atoms with Crippen LogP contribution in [0.25, 0.3) is 0 Å². The van der Waals surface area contributed by atoms with Crippen molar-refractivity contribution in [2.75, 3.05) is 13.2 Å². The van der Waals surface area contributed by atoms with Gasteiger partial charge in [0.05, 0.1) is 24.4 Å². The van der Waals surface area contributed by atoms with Crippen LogP contribution in [-0.4, -0.2) is 29.3 Å². The molecule has 0 saturated carbocycles. The number of aromatic amines is 1. The standard InChI is InChI=1S/C18H22ClN3O3/c1-18(2,3)16-8-12(21-22-16)10-20-17(23)7-11-6-14-15(9-13(11)19)25-5-4-24-14/h6,8-9H,4-5,7,10H2,1-3H3,(H,20,23)(H,21,22). The van der Waals surface area contributed by atoms with Crippen LogP contribution < -0.4 is 14.8 Å². The minimum Gasteiger partial charge on any atom is -0.486 e. The topological polar surface area (TPSA) is 76.2 Å². The van der Waals surface area contributed by atoms with Crippen molar-refractivity contribution >= 4 is 17.5 Å². The number of halogens is 1. The number of amides is 1. The van der Waals surface area contributed by atoms with Gasteiger partial charge in [-0.15, -0.1) is 0 Å². The van der Waals surface area contributed by atoms with Gasteiger partial charge in [-0.2, -0.15) is 5.10 Å². The molecule has 7 heteroatoms. The molecule has 0 spiro atoms. The summed E-state index contributed by atoms with van der Waals surface area (Å²) >= 11 is 6.24. The maximum absolute atomic E-state index is 12.2. The molecule has 0 atom stereocenters. The molecule has 0 fully saturated rings. The highest BCUT2D eigenvalue weighted by Crippen LogP contribution is 2.35. The Morgan fingerprint density at radius 3 is 2.56 bits per heavy atom. The van der Waals surface area contributed by atoms with Gasteiger partial charge in [0.15, 0.2) is 11.5 Å². The number of H-pyrrole nitrogens is 1. The van der Waals surface area contributed by atoms with Gasteiger partial charge in [-0.25, -0.2) is 0 Å². The van der Waals surface area contributed by atoms with Crippen LogP contribution in [0.15, 0.2) is 18.2 Å². The molecule has 2 heterocycles. The van der Waals surface area contributed by atoms with E-state index in [2.05, 4.69) is 36.3 Å². The second-order valence-corrected chi connectivity index (χ2v) is 7.48. The van der Waals surface area contributed by atoms with E-state index in [1.165, 1.54) is 0 Å². The molecule has 0 aliphatic carbocycles. The Balaban J connectivity index is 1.60. The number of carbonyl (C=O) groups is 1. The first-order valence-corrected chi connectivity index (χ1v) is 8.60. The van der Waals surface area contributed by atoms with E-state index in [4.69, 9.17) is 21.1 Å². The zero-order valence-corrected chi connectivity index (χ0v) is 15.4. The van der Waals surface area contributed by atoms with Gasteiger partial charge in [-0.05, 0) is 17.7 Å². The van der Waals surface area contributed by atoms with Crippen molar-refractivity contribution < 1.29 is 14.3 Å². The largest absolute Gasteiger partial charge is 0.486 e. The molecule has 2 aromatic rings. The molecule has 6 nitrogen and oxygen atoms in total. The smallest absolute Gasteiger partial charge is 0.224 e. The van der Waals surface area contributed by atoms with Gasteiger partial charge in [-0.3, -0.25) is 9.89 Å². The summed E-state index contributed by atoms with van der Waals surface area (Å²) in [6.07, 6.45) is 0.176. The van der Waals surface area contributed by atoms with Crippen molar-refractivity contribution in [2.45, 2.75) is 39.2 Å². The van der Waals surface area contributed by atoms with Crippen LogP contribution in [0.4, 0.5) is 0 Å². The monoisotopic (exact) mass is 363 g/mol. The molecule has 1 aromatic carbocycles. The number of nitrogens with zero attached hydrogens (tertiary/aromatic N) is 1. The Hall–Kier alpha value is -2.21. The summed E-state index contributed by atoms with van der Waals surface area (Å²) in [5.74, 6) is 1.12. The molecule has 25 heavy (non-hydrogen) atoms. The molecule has 134 valence electrons. The van der Waals surface area contributed by atoms with E-state index in [1.54, 1.807) is 12.1 Å². The van der Waals surface area contributed by atoms with E-state index in [9.17, 15) is 4.79 Å².